The number of nitrogens with two attached hydrogens (primary N) is 2. The van der Waals surface area contributed by atoms with Crippen molar-refractivity contribution >= 4 is 17.3 Å². The van der Waals surface area contributed by atoms with Gasteiger partial charge >= 0.3 is 0 Å². The first-order valence-electron chi connectivity index (χ1n) is 7.17. The lowest BCUT2D eigenvalue weighted by Crippen LogP contribution is -2.43. The van der Waals surface area contributed by atoms with Crippen molar-refractivity contribution in [3.8, 4) is 0 Å². The normalized spacial score (nSPS) is 17.1. The van der Waals surface area contributed by atoms with Gasteiger partial charge in [0.15, 0.2) is 0 Å². The van der Waals surface area contributed by atoms with E-state index in [-0.39, 0.29) is 0 Å². The van der Waals surface area contributed by atoms with Crippen LogP contribution in [0.1, 0.15) is 30.1 Å². The lowest BCUT2D eigenvalue weighted by atomic mass is 10.0. The summed E-state index contributed by atoms with van der Waals surface area (Å²) in [5.41, 5.74) is 13.5. The zero-order valence-corrected chi connectivity index (χ0v) is 12.3. The lowest BCUT2D eigenvalue weighted by Gasteiger charge is -2.38. The fourth-order valence-electron chi connectivity index (χ4n) is 2.82. The lowest BCUT2D eigenvalue weighted by molar-refractivity contribution is 0.100. The number of hydrogen-bond acceptors (Lipinski definition) is 4. The summed E-state index contributed by atoms with van der Waals surface area (Å²) in [5, 5.41) is 0. The third kappa shape index (κ3) is 3.04. The van der Waals surface area contributed by atoms with Crippen LogP contribution in [0.25, 0.3) is 0 Å². The second-order valence-corrected chi connectivity index (χ2v) is 5.41. The van der Waals surface area contributed by atoms with Crippen LogP contribution in [0.2, 0.25) is 0 Å². The number of rotatable bonds is 4. The fraction of sp³-hybridized carbons (Fsp3) is 0.533. The summed E-state index contributed by atoms with van der Waals surface area (Å²) in [6.07, 6.45) is 2.23. The minimum absolute atomic E-state index is 0.416. The van der Waals surface area contributed by atoms with Gasteiger partial charge in [0.25, 0.3) is 0 Å². The zero-order chi connectivity index (χ0) is 14.7. The first-order chi connectivity index (χ1) is 9.52. The van der Waals surface area contributed by atoms with Crippen molar-refractivity contribution < 1.29 is 4.79 Å². The molecule has 1 heterocycles. The van der Waals surface area contributed by atoms with Crippen molar-refractivity contribution in [2.75, 3.05) is 37.3 Å². The Morgan fingerprint density at radius 3 is 2.60 bits per heavy atom. The molecule has 0 radical (unpaired) electrons. The van der Waals surface area contributed by atoms with Crippen LogP contribution in [-0.4, -0.2) is 43.5 Å². The minimum Gasteiger partial charge on any atom is -0.397 e. The standard InChI is InChI=1S/C15H24N4O/c1-3-19-8-6-12(7-9-19)18(2)14-10-11(15(17)20)4-5-13(14)16/h4-5,10,12H,3,6-9,16H2,1-2H3,(H2,17,20). The predicted molar refractivity (Wildman–Crippen MR) is 82.9 cm³/mol. The molecule has 1 saturated heterocycles. The van der Waals surface area contributed by atoms with E-state index in [0.29, 0.717) is 17.3 Å². The molecule has 1 aliphatic rings. The number of benzene rings is 1. The first kappa shape index (κ1) is 14.7. The highest BCUT2D eigenvalue weighted by atomic mass is 16.1. The third-order valence-electron chi connectivity index (χ3n) is 4.25. The molecule has 0 atom stereocenters. The van der Waals surface area contributed by atoms with Gasteiger partial charge in [0.05, 0.1) is 11.4 Å². The van der Waals surface area contributed by atoms with Crippen LogP contribution in [0.5, 0.6) is 0 Å². The highest BCUT2D eigenvalue weighted by molar-refractivity contribution is 5.95. The molecule has 1 aliphatic heterocycles. The summed E-state index contributed by atoms with van der Waals surface area (Å²) in [6.45, 7) is 5.52. The molecule has 5 heteroatoms. The maximum absolute atomic E-state index is 11.3. The highest BCUT2D eigenvalue weighted by Gasteiger charge is 2.23. The number of likely N-dealkylation sites (tertiary alicyclic amines) is 1. The number of carbonyl (C=O) groups excluding carboxylic acids is 1. The molecule has 110 valence electrons. The van der Waals surface area contributed by atoms with Crippen molar-refractivity contribution in [3.05, 3.63) is 23.8 Å². The Morgan fingerprint density at radius 1 is 1.40 bits per heavy atom. The van der Waals surface area contributed by atoms with Crippen LogP contribution < -0.4 is 16.4 Å². The van der Waals surface area contributed by atoms with Gasteiger partial charge in [-0.25, -0.2) is 0 Å². The van der Waals surface area contributed by atoms with E-state index in [1.165, 1.54) is 0 Å². The van der Waals surface area contributed by atoms with Crippen molar-refractivity contribution in [1.82, 2.24) is 4.90 Å². The summed E-state index contributed by atoms with van der Waals surface area (Å²) in [5.74, 6) is -0.416. The Kier molecular flexibility index (Phi) is 4.49. The third-order valence-corrected chi connectivity index (χ3v) is 4.25. The number of amides is 1. The van der Waals surface area contributed by atoms with Gasteiger partial charge in [-0.15, -0.1) is 0 Å². The van der Waals surface area contributed by atoms with Gasteiger partial charge in [-0.2, -0.15) is 0 Å². The summed E-state index contributed by atoms with van der Waals surface area (Å²) >= 11 is 0. The van der Waals surface area contributed by atoms with E-state index >= 15 is 0 Å². The molecule has 4 N–H and O–H groups in total. The maximum atomic E-state index is 11.3. The van der Waals surface area contributed by atoms with Crippen LogP contribution in [0, 0.1) is 0 Å². The van der Waals surface area contributed by atoms with Gasteiger partial charge in [-0.3, -0.25) is 4.79 Å². The van der Waals surface area contributed by atoms with Crippen molar-refractivity contribution in [2.45, 2.75) is 25.8 Å². The molecule has 0 spiro atoms. The van der Waals surface area contributed by atoms with E-state index in [4.69, 9.17) is 11.5 Å². The van der Waals surface area contributed by atoms with Gasteiger partial charge in [-0.1, -0.05) is 6.92 Å². The summed E-state index contributed by atoms with van der Waals surface area (Å²) in [4.78, 5) is 15.9. The van der Waals surface area contributed by atoms with Crippen LogP contribution in [-0.2, 0) is 0 Å². The van der Waals surface area contributed by atoms with Crippen molar-refractivity contribution in [2.24, 2.45) is 5.73 Å². The van der Waals surface area contributed by atoms with E-state index in [1.54, 1.807) is 18.2 Å². The van der Waals surface area contributed by atoms with E-state index in [9.17, 15) is 4.79 Å². The molecule has 1 aromatic rings. The van der Waals surface area contributed by atoms with Gasteiger partial charge in [-0.05, 0) is 37.6 Å². The Balaban J connectivity index is 2.14. The monoisotopic (exact) mass is 276 g/mol. The Labute approximate surface area is 120 Å². The van der Waals surface area contributed by atoms with Gasteiger partial charge in [0, 0.05) is 31.7 Å². The van der Waals surface area contributed by atoms with Gasteiger partial charge < -0.3 is 21.3 Å². The summed E-state index contributed by atoms with van der Waals surface area (Å²) < 4.78 is 0. The molecule has 1 amide bonds. The van der Waals surface area contributed by atoms with Crippen LogP contribution in [0.3, 0.4) is 0 Å². The number of hydrogen-bond donors (Lipinski definition) is 2. The van der Waals surface area contributed by atoms with Crippen molar-refractivity contribution in [3.63, 3.8) is 0 Å². The largest absolute Gasteiger partial charge is 0.397 e. The Hall–Kier alpha value is -1.75. The molecule has 20 heavy (non-hydrogen) atoms. The zero-order valence-electron chi connectivity index (χ0n) is 12.3. The average Bonchev–Trinajstić information content (AvgIpc) is 2.47. The van der Waals surface area contributed by atoms with Crippen LogP contribution in [0.15, 0.2) is 18.2 Å². The molecule has 1 fully saturated rings. The minimum atomic E-state index is -0.416. The van der Waals surface area contributed by atoms with E-state index in [1.807, 2.05) is 7.05 Å². The van der Waals surface area contributed by atoms with Crippen molar-refractivity contribution in [1.29, 1.82) is 0 Å². The van der Waals surface area contributed by atoms with Gasteiger partial charge in [0.1, 0.15) is 0 Å². The molecule has 2 rings (SSSR count). The quantitative estimate of drug-likeness (QED) is 0.813. The fourth-order valence-corrected chi connectivity index (χ4v) is 2.82. The molecular weight excluding hydrogens is 252 g/mol. The number of anilines is 2. The summed E-state index contributed by atoms with van der Waals surface area (Å²) in [6, 6.07) is 5.69. The predicted octanol–water partition coefficient (Wildman–Crippen LogP) is 1.29. The average molecular weight is 276 g/mol. The van der Waals surface area contributed by atoms with E-state index in [2.05, 4.69) is 16.7 Å². The van der Waals surface area contributed by atoms with Crippen LogP contribution >= 0.6 is 0 Å². The molecule has 0 saturated carbocycles. The Bertz CT molecular complexity index is 481. The number of carbonyl (C=O) groups is 1. The number of primary amides is 1. The Morgan fingerprint density at radius 2 is 2.05 bits per heavy atom. The highest BCUT2D eigenvalue weighted by Crippen LogP contribution is 2.28. The smallest absolute Gasteiger partial charge is 0.248 e. The van der Waals surface area contributed by atoms with Gasteiger partial charge in [0.2, 0.25) is 5.91 Å². The number of nitrogen functional groups attached to an aromatic ring is 1. The van der Waals surface area contributed by atoms with Crippen LogP contribution in [0.4, 0.5) is 11.4 Å². The number of nitrogens with zero attached hydrogens (tertiary/aromatic N) is 2. The number of piperidine rings is 1. The molecule has 0 bridgehead atoms. The second-order valence-electron chi connectivity index (χ2n) is 5.41. The summed E-state index contributed by atoms with van der Waals surface area (Å²) in [7, 11) is 2.04. The second kappa shape index (κ2) is 6.13. The van der Waals surface area contributed by atoms with E-state index in [0.717, 1.165) is 38.2 Å². The molecule has 0 unspecified atom stereocenters. The molecule has 5 nitrogen and oxygen atoms in total. The molecule has 0 aromatic heterocycles. The molecular formula is C15H24N4O. The SMILES string of the molecule is CCN1CCC(N(C)c2cc(C(N)=O)ccc2N)CC1. The first-order valence-corrected chi connectivity index (χ1v) is 7.17. The maximum Gasteiger partial charge on any atom is 0.248 e. The van der Waals surface area contributed by atoms with E-state index < -0.39 is 5.91 Å². The topological polar surface area (TPSA) is 75.6 Å². The molecule has 1 aromatic carbocycles. The molecule has 0 aliphatic carbocycles.